The summed E-state index contributed by atoms with van der Waals surface area (Å²) in [5.74, 6) is 0.782. The molecule has 1 aliphatic heterocycles. The molecule has 1 N–H and O–H groups in total. The Morgan fingerprint density at radius 2 is 1.81 bits per heavy atom. The van der Waals surface area contributed by atoms with Gasteiger partial charge in [0, 0.05) is 75.8 Å². The molecule has 3 heterocycles. The van der Waals surface area contributed by atoms with Crippen molar-refractivity contribution in [1.29, 1.82) is 0 Å². The van der Waals surface area contributed by atoms with Gasteiger partial charge in [0.15, 0.2) is 0 Å². The third-order valence-corrected chi connectivity index (χ3v) is 5.06. The van der Waals surface area contributed by atoms with Crippen LogP contribution in [0.25, 0.3) is 10.9 Å². The molecule has 1 fully saturated rings. The van der Waals surface area contributed by atoms with Crippen molar-refractivity contribution in [3.8, 4) is 0 Å². The van der Waals surface area contributed by atoms with Gasteiger partial charge in [-0.15, -0.1) is 0 Å². The monoisotopic (exact) mass is 364 g/mol. The molecule has 0 spiro atoms. The summed E-state index contributed by atoms with van der Waals surface area (Å²) in [6.07, 6.45) is 5.45. The van der Waals surface area contributed by atoms with Gasteiger partial charge in [-0.05, 0) is 12.1 Å². The second-order valence-corrected chi connectivity index (χ2v) is 6.80. The third kappa shape index (κ3) is 3.78. The van der Waals surface area contributed by atoms with E-state index in [-0.39, 0.29) is 5.91 Å². The fourth-order valence-corrected chi connectivity index (χ4v) is 3.57. The molecule has 27 heavy (non-hydrogen) atoms. The second-order valence-electron chi connectivity index (χ2n) is 6.80. The van der Waals surface area contributed by atoms with Crippen LogP contribution in [0.4, 0.5) is 5.95 Å². The summed E-state index contributed by atoms with van der Waals surface area (Å²) < 4.78 is 2.00. The van der Waals surface area contributed by atoms with Gasteiger partial charge in [0.25, 0.3) is 5.91 Å². The van der Waals surface area contributed by atoms with E-state index in [9.17, 15) is 4.79 Å². The maximum Gasteiger partial charge on any atom is 0.253 e. The number of aryl methyl sites for hydroxylation is 1. The lowest BCUT2D eigenvalue weighted by Crippen LogP contribution is -2.49. The molecule has 3 aromatic rings. The highest BCUT2D eigenvalue weighted by atomic mass is 16.1. The topological polar surface area (TPSA) is 66.3 Å². The quantitative estimate of drug-likeness (QED) is 0.744. The third-order valence-electron chi connectivity index (χ3n) is 5.06. The average Bonchev–Trinajstić information content (AvgIpc) is 3.06. The van der Waals surface area contributed by atoms with Crippen molar-refractivity contribution in [2.45, 2.75) is 0 Å². The average molecular weight is 364 g/mol. The maximum atomic E-state index is 12.6. The van der Waals surface area contributed by atoms with Gasteiger partial charge in [-0.25, -0.2) is 9.97 Å². The summed E-state index contributed by atoms with van der Waals surface area (Å²) in [4.78, 5) is 25.8. The van der Waals surface area contributed by atoms with Crippen molar-refractivity contribution >= 4 is 22.8 Å². The number of anilines is 1. The zero-order valence-corrected chi connectivity index (χ0v) is 15.5. The minimum Gasteiger partial charge on any atom is -0.351 e. The van der Waals surface area contributed by atoms with E-state index in [1.165, 1.54) is 0 Å². The van der Waals surface area contributed by atoms with E-state index in [4.69, 9.17) is 0 Å². The Morgan fingerprint density at radius 1 is 1.07 bits per heavy atom. The van der Waals surface area contributed by atoms with E-state index >= 15 is 0 Å². The van der Waals surface area contributed by atoms with Gasteiger partial charge in [0.2, 0.25) is 5.95 Å². The number of piperazine rings is 1. The number of aromatic nitrogens is 3. The number of carbonyl (C=O) groups excluding carboxylic acids is 1. The minimum atomic E-state index is -0.0110. The van der Waals surface area contributed by atoms with Crippen LogP contribution in [0.3, 0.4) is 0 Å². The van der Waals surface area contributed by atoms with Gasteiger partial charge >= 0.3 is 0 Å². The fourth-order valence-electron chi connectivity index (χ4n) is 3.57. The zero-order valence-electron chi connectivity index (χ0n) is 15.5. The summed E-state index contributed by atoms with van der Waals surface area (Å²) in [6.45, 7) is 5.19. The van der Waals surface area contributed by atoms with Crippen molar-refractivity contribution in [3.63, 3.8) is 0 Å². The minimum absolute atomic E-state index is 0.0110. The maximum absolute atomic E-state index is 12.6. The molecule has 2 aromatic heterocycles. The van der Waals surface area contributed by atoms with Gasteiger partial charge in [0.05, 0.1) is 5.56 Å². The fraction of sp³-hybridized carbons (Fsp3) is 0.350. The molecule has 7 heteroatoms. The molecule has 140 valence electrons. The van der Waals surface area contributed by atoms with Gasteiger partial charge < -0.3 is 14.8 Å². The molecule has 0 unspecified atom stereocenters. The zero-order chi connectivity index (χ0) is 18.6. The van der Waals surface area contributed by atoms with Gasteiger partial charge in [0.1, 0.15) is 0 Å². The van der Waals surface area contributed by atoms with Crippen LogP contribution in [0.5, 0.6) is 0 Å². The molecular formula is C20H24N6O. The number of nitrogens with one attached hydrogen (secondary N) is 1. The van der Waals surface area contributed by atoms with E-state index in [1.807, 2.05) is 48.1 Å². The summed E-state index contributed by atoms with van der Waals surface area (Å²) in [6, 6.07) is 9.81. The highest BCUT2D eigenvalue weighted by Crippen LogP contribution is 2.20. The molecular weight excluding hydrogens is 340 g/mol. The van der Waals surface area contributed by atoms with E-state index in [1.54, 1.807) is 12.4 Å². The largest absolute Gasteiger partial charge is 0.351 e. The molecule has 0 atom stereocenters. The van der Waals surface area contributed by atoms with E-state index in [0.717, 1.165) is 55.1 Å². The molecule has 7 nitrogen and oxygen atoms in total. The SMILES string of the molecule is Cn1cc(C(=O)NCCN2CCN(c3ncccn3)CC2)c2ccccc21. The first-order valence-electron chi connectivity index (χ1n) is 9.29. The first-order chi connectivity index (χ1) is 13.2. The van der Waals surface area contributed by atoms with Crippen LogP contribution in [0.1, 0.15) is 10.4 Å². The summed E-state index contributed by atoms with van der Waals surface area (Å²) in [5, 5.41) is 4.06. The highest BCUT2D eigenvalue weighted by Gasteiger charge is 2.19. The van der Waals surface area contributed by atoms with Gasteiger partial charge in [-0.2, -0.15) is 0 Å². The molecule has 1 amide bonds. The molecule has 0 saturated carbocycles. The van der Waals surface area contributed by atoms with Crippen molar-refractivity contribution in [3.05, 3.63) is 54.5 Å². The lowest BCUT2D eigenvalue weighted by atomic mass is 10.1. The molecule has 0 radical (unpaired) electrons. The lowest BCUT2D eigenvalue weighted by Gasteiger charge is -2.34. The predicted molar refractivity (Wildman–Crippen MR) is 106 cm³/mol. The number of para-hydroxylation sites is 1. The van der Waals surface area contributed by atoms with Gasteiger partial charge in [-0.3, -0.25) is 9.69 Å². The number of hydrogen-bond donors (Lipinski definition) is 1. The summed E-state index contributed by atoms with van der Waals surface area (Å²) >= 11 is 0. The molecule has 0 aliphatic carbocycles. The number of benzene rings is 1. The Labute approximate surface area is 158 Å². The number of carbonyl (C=O) groups is 1. The Kier molecular flexibility index (Phi) is 5.02. The molecule has 1 aromatic carbocycles. The standard InChI is InChI=1S/C20H24N6O/c1-24-15-17(16-5-2-3-6-18(16)24)19(27)21-9-10-25-11-13-26(14-12-25)20-22-7-4-8-23-20/h2-8,15H,9-14H2,1H3,(H,21,27). The lowest BCUT2D eigenvalue weighted by molar-refractivity contribution is 0.0949. The molecule has 1 saturated heterocycles. The van der Waals surface area contributed by atoms with Crippen molar-refractivity contribution in [1.82, 2.24) is 24.8 Å². The first kappa shape index (κ1) is 17.5. The Balaban J connectivity index is 1.27. The van der Waals surface area contributed by atoms with Crippen LogP contribution in [-0.2, 0) is 7.05 Å². The summed E-state index contributed by atoms with van der Waals surface area (Å²) in [5.41, 5.74) is 1.81. The van der Waals surface area contributed by atoms with Crippen LogP contribution in [-0.4, -0.2) is 64.6 Å². The Bertz CT molecular complexity index is 915. The van der Waals surface area contributed by atoms with Crippen LogP contribution >= 0.6 is 0 Å². The number of amides is 1. The van der Waals surface area contributed by atoms with Crippen LogP contribution in [0.15, 0.2) is 48.9 Å². The predicted octanol–water partition coefficient (Wildman–Crippen LogP) is 1.52. The Morgan fingerprint density at radius 3 is 2.59 bits per heavy atom. The molecule has 1 aliphatic rings. The van der Waals surface area contributed by atoms with Crippen molar-refractivity contribution in [2.24, 2.45) is 7.05 Å². The van der Waals surface area contributed by atoms with Crippen LogP contribution in [0.2, 0.25) is 0 Å². The van der Waals surface area contributed by atoms with E-state index < -0.39 is 0 Å². The second kappa shape index (κ2) is 7.75. The molecule has 4 rings (SSSR count). The molecule has 0 bridgehead atoms. The van der Waals surface area contributed by atoms with E-state index in [0.29, 0.717) is 6.54 Å². The first-order valence-corrected chi connectivity index (χ1v) is 9.29. The number of rotatable bonds is 5. The summed E-state index contributed by atoms with van der Waals surface area (Å²) in [7, 11) is 1.97. The van der Waals surface area contributed by atoms with Crippen LogP contribution in [0, 0.1) is 0 Å². The van der Waals surface area contributed by atoms with Crippen molar-refractivity contribution in [2.75, 3.05) is 44.2 Å². The highest BCUT2D eigenvalue weighted by molar-refractivity contribution is 6.06. The Hall–Kier alpha value is -2.93. The van der Waals surface area contributed by atoms with E-state index in [2.05, 4.69) is 25.1 Å². The van der Waals surface area contributed by atoms with Crippen LogP contribution < -0.4 is 10.2 Å². The number of hydrogen-bond acceptors (Lipinski definition) is 5. The number of fused-ring (bicyclic) bond motifs is 1. The van der Waals surface area contributed by atoms with Crippen molar-refractivity contribution < 1.29 is 4.79 Å². The number of nitrogens with zero attached hydrogens (tertiary/aromatic N) is 5. The smallest absolute Gasteiger partial charge is 0.253 e. The van der Waals surface area contributed by atoms with Gasteiger partial charge in [-0.1, -0.05) is 18.2 Å². The normalized spacial score (nSPS) is 15.2.